The second-order valence-electron chi connectivity index (χ2n) is 6.51. The first-order valence-corrected chi connectivity index (χ1v) is 8.91. The minimum Gasteiger partial charge on any atom is -0.348 e. The van der Waals surface area contributed by atoms with Crippen LogP contribution in [-0.2, 0) is 11.3 Å². The third kappa shape index (κ3) is 3.73. The van der Waals surface area contributed by atoms with Gasteiger partial charge in [-0.25, -0.2) is 4.39 Å². The van der Waals surface area contributed by atoms with Gasteiger partial charge in [0.05, 0.1) is 6.04 Å². The number of fused-ring (bicyclic) bond motifs is 1. The molecular formula is C21H18FN5O. The van der Waals surface area contributed by atoms with Crippen molar-refractivity contribution in [3.63, 3.8) is 0 Å². The van der Waals surface area contributed by atoms with E-state index in [2.05, 4.69) is 20.7 Å². The van der Waals surface area contributed by atoms with Crippen molar-refractivity contribution in [2.45, 2.75) is 19.5 Å². The number of carbonyl (C=O) groups excluding carboxylic acids is 1. The van der Waals surface area contributed by atoms with Crippen LogP contribution in [0.3, 0.4) is 0 Å². The van der Waals surface area contributed by atoms with E-state index < -0.39 is 0 Å². The lowest BCUT2D eigenvalue weighted by Gasteiger charge is -2.16. The topological polar surface area (TPSA) is 72.7 Å². The number of nitrogens with zero attached hydrogens (tertiary/aromatic N) is 4. The molecule has 1 heterocycles. The number of rotatable bonds is 5. The van der Waals surface area contributed by atoms with Crippen LogP contribution in [0.1, 0.15) is 18.5 Å². The van der Waals surface area contributed by atoms with Gasteiger partial charge >= 0.3 is 0 Å². The molecule has 0 spiro atoms. The quantitative estimate of drug-likeness (QED) is 0.579. The van der Waals surface area contributed by atoms with Gasteiger partial charge < -0.3 is 5.32 Å². The van der Waals surface area contributed by atoms with Crippen LogP contribution >= 0.6 is 0 Å². The molecule has 1 amide bonds. The fourth-order valence-corrected chi connectivity index (χ4v) is 3.15. The summed E-state index contributed by atoms with van der Waals surface area (Å²) in [6.07, 6.45) is 0. The molecule has 0 aliphatic heterocycles. The zero-order valence-corrected chi connectivity index (χ0v) is 15.2. The minimum atomic E-state index is -0.335. The third-order valence-electron chi connectivity index (χ3n) is 4.51. The summed E-state index contributed by atoms with van der Waals surface area (Å²) in [6.45, 7) is 1.89. The van der Waals surface area contributed by atoms with Crippen molar-refractivity contribution >= 4 is 16.7 Å². The Bertz CT molecular complexity index is 1120. The highest BCUT2D eigenvalue weighted by molar-refractivity contribution is 5.86. The van der Waals surface area contributed by atoms with Crippen LogP contribution in [0, 0.1) is 5.82 Å². The summed E-state index contributed by atoms with van der Waals surface area (Å²) in [7, 11) is 0. The van der Waals surface area contributed by atoms with Gasteiger partial charge in [0.25, 0.3) is 0 Å². The summed E-state index contributed by atoms with van der Waals surface area (Å²) in [4.78, 5) is 13.7. The van der Waals surface area contributed by atoms with Crippen LogP contribution in [-0.4, -0.2) is 26.1 Å². The Labute approximate surface area is 161 Å². The van der Waals surface area contributed by atoms with Gasteiger partial charge in [-0.05, 0) is 52.7 Å². The van der Waals surface area contributed by atoms with E-state index in [1.807, 2.05) is 49.4 Å². The summed E-state index contributed by atoms with van der Waals surface area (Å²) in [5, 5.41) is 17.2. The first-order chi connectivity index (χ1) is 13.6. The number of amides is 1. The molecule has 0 saturated heterocycles. The van der Waals surface area contributed by atoms with Crippen LogP contribution in [0.25, 0.3) is 22.2 Å². The standard InChI is InChI=1S/C21H18FN5O/c1-14(18-8-4-6-15-5-2-3-7-19(15)18)23-20(28)13-27-25-21(24-26-27)16-9-11-17(22)12-10-16/h2-12,14H,13H2,1H3,(H,23,28)/t14-/m1/s1. The van der Waals surface area contributed by atoms with Crippen molar-refractivity contribution in [3.8, 4) is 11.4 Å². The molecule has 0 aliphatic carbocycles. The summed E-state index contributed by atoms with van der Waals surface area (Å²) < 4.78 is 13.0. The number of hydrogen-bond acceptors (Lipinski definition) is 4. The number of nitrogens with one attached hydrogen (secondary N) is 1. The highest BCUT2D eigenvalue weighted by Crippen LogP contribution is 2.24. The van der Waals surface area contributed by atoms with Crippen molar-refractivity contribution in [2.24, 2.45) is 0 Å². The van der Waals surface area contributed by atoms with Crippen LogP contribution in [0.5, 0.6) is 0 Å². The smallest absolute Gasteiger partial charge is 0.244 e. The first kappa shape index (κ1) is 17.8. The monoisotopic (exact) mass is 375 g/mol. The molecular weight excluding hydrogens is 357 g/mol. The molecule has 0 aliphatic rings. The van der Waals surface area contributed by atoms with Gasteiger partial charge in [0, 0.05) is 5.56 Å². The van der Waals surface area contributed by atoms with Gasteiger partial charge in [0.15, 0.2) is 0 Å². The van der Waals surface area contributed by atoms with Crippen LogP contribution in [0.4, 0.5) is 4.39 Å². The molecule has 4 aromatic rings. The second-order valence-corrected chi connectivity index (χ2v) is 6.51. The van der Waals surface area contributed by atoms with Crippen molar-refractivity contribution in [1.82, 2.24) is 25.5 Å². The molecule has 0 unspecified atom stereocenters. The Morgan fingerprint density at radius 1 is 1.07 bits per heavy atom. The molecule has 3 aromatic carbocycles. The van der Waals surface area contributed by atoms with Crippen molar-refractivity contribution < 1.29 is 9.18 Å². The van der Waals surface area contributed by atoms with Gasteiger partial charge in [-0.1, -0.05) is 42.5 Å². The molecule has 0 bridgehead atoms. The summed E-state index contributed by atoms with van der Waals surface area (Å²) in [6, 6.07) is 19.7. The summed E-state index contributed by atoms with van der Waals surface area (Å²) in [5.74, 6) is -0.212. The fourth-order valence-electron chi connectivity index (χ4n) is 3.15. The Kier molecular flexibility index (Phi) is 4.80. The molecule has 0 radical (unpaired) electrons. The molecule has 4 rings (SSSR count). The Morgan fingerprint density at radius 2 is 1.82 bits per heavy atom. The van der Waals surface area contributed by atoms with Gasteiger partial charge in [-0.3, -0.25) is 4.79 Å². The molecule has 28 heavy (non-hydrogen) atoms. The van der Waals surface area contributed by atoms with Crippen LogP contribution in [0.15, 0.2) is 66.7 Å². The van der Waals surface area contributed by atoms with Crippen molar-refractivity contribution in [3.05, 3.63) is 78.1 Å². The zero-order valence-electron chi connectivity index (χ0n) is 15.2. The van der Waals surface area contributed by atoms with Gasteiger partial charge in [-0.2, -0.15) is 4.80 Å². The van der Waals surface area contributed by atoms with Gasteiger partial charge in [0.2, 0.25) is 11.7 Å². The molecule has 7 heteroatoms. The molecule has 1 atom stereocenters. The fraction of sp³-hybridized carbons (Fsp3) is 0.143. The summed E-state index contributed by atoms with van der Waals surface area (Å²) in [5.41, 5.74) is 1.68. The largest absolute Gasteiger partial charge is 0.348 e. The van der Waals surface area contributed by atoms with Gasteiger partial charge in [-0.15, -0.1) is 10.2 Å². The highest BCUT2D eigenvalue weighted by Gasteiger charge is 2.14. The Hall–Kier alpha value is -3.61. The van der Waals surface area contributed by atoms with E-state index in [1.165, 1.54) is 16.9 Å². The molecule has 0 saturated carbocycles. The number of hydrogen-bond donors (Lipinski definition) is 1. The third-order valence-corrected chi connectivity index (χ3v) is 4.51. The number of halogens is 1. The normalized spacial score (nSPS) is 12.1. The second kappa shape index (κ2) is 7.56. The van der Waals surface area contributed by atoms with E-state index in [0.29, 0.717) is 11.4 Å². The van der Waals surface area contributed by atoms with E-state index in [9.17, 15) is 9.18 Å². The minimum absolute atomic E-state index is 0.0523. The van der Waals surface area contributed by atoms with Crippen molar-refractivity contribution in [1.29, 1.82) is 0 Å². The van der Waals surface area contributed by atoms with Crippen LogP contribution < -0.4 is 5.32 Å². The number of aromatic nitrogens is 4. The molecule has 0 fully saturated rings. The predicted molar refractivity (Wildman–Crippen MR) is 104 cm³/mol. The number of tetrazole rings is 1. The van der Waals surface area contributed by atoms with E-state index >= 15 is 0 Å². The average Bonchev–Trinajstić information content (AvgIpc) is 3.16. The predicted octanol–water partition coefficient (Wildman–Crippen LogP) is 3.51. The van der Waals surface area contributed by atoms with E-state index in [0.717, 1.165) is 16.3 Å². The van der Waals surface area contributed by atoms with E-state index in [4.69, 9.17) is 0 Å². The van der Waals surface area contributed by atoms with Crippen LogP contribution in [0.2, 0.25) is 0 Å². The average molecular weight is 375 g/mol. The molecule has 140 valence electrons. The van der Waals surface area contributed by atoms with Gasteiger partial charge in [0.1, 0.15) is 12.4 Å². The van der Waals surface area contributed by atoms with E-state index in [1.54, 1.807) is 12.1 Å². The zero-order chi connectivity index (χ0) is 19.5. The molecule has 1 aromatic heterocycles. The maximum absolute atomic E-state index is 13.0. The molecule has 1 N–H and O–H groups in total. The SMILES string of the molecule is C[C@@H](NC(=O)Cn1nnc(-c2ccc(F)cc2)n1)c1cccc2ccccc12. The van der Waals surface area contributed by atoms with E-state index in [-0.39, 0.29) is 24.3 Å². The van der Waals surface area contributed by atoms with Crippen molar-refractivity contribution in [2.75, 3.05) is 0 Å². The number of carbonyl (C=O) groups is 1. The molecule has 6 nitrogen and oxygen atoms in total. The Morgan fingerprint density at radius 3 is 2.64 bits per heavy atom. The number of benzene rings is 3. The Balaban J connectivity index is 1.45. The lowest BCUT2D eigenvalue weighted by Crippen LogP contribution is -2.31. The maximum atomic E-state index is 13.0. The first-order valence-electron chi connectivity index (χ1n) is 8.91. The summed E-state index contributed by atoms with van der Waals surface area (Å²) >= 11 is 0. The highest BCUT2D eigenvalue weighted by atomic mass is 19.1. The maximum Gasteiger partial charge on any atom is 0.244 e. The lowest BCUT2D eigenvalue weighted by atomic mass is 10.00. The lowest BCUT2D eigenvalue weighted by molar-refractivity contribution is -0.122.